The summed E-state index contributed by atoms with van der Waals surface area (Å²) in [5.74, 6) is 0.645. The van der Waals surface area contributed by atoms with Crippen molar-refractivity contribution in [2.24, 2.45) is 0 Å². The molecule has 0 spiro atoms. The molecule has 2 fully saturated rings. The van der Waals surface area contributed by atoms with E-state index in [0.717, 1.165) is 11.1 Å². The average molecular weight is 413 g/mol. The van der Waals surface area contributed by atoms with Gasteiger partial charge in [0.1, 0.15) is 0 Å². The maximum Gasteiger partial charge on any atom is -1.00 e. The fourth-order valence-electron chi connectivity index (χ4n) is 3.57. The number of phenolic OH excluding ortho intramolecular Hbond substituents is 2. The van der Waals surface area contributed by atoms with Crippen LogP contribution in [0.5, 0.6) is 11.5 Å². The molecule has 1 heterocycles. The number of para-hydroxylation sites is 2. The first-order valence-corrected chi connectivity index (χ1v) is 9.76. The maximum absolute atomic E-state index is 10.1. The Hall–Kier alpha value is -1.81. The summed E-state index contributed by atoms with van der Waals surface area (Å²) in [6.45, 7) is 0. The van der Waals surface area contributed by atoms with E-state index < -0.39 is 0 Å². The molecule has 4 rings (SSSR count). The molecule has 1 saturated carbocycles. The Balaban J connectivity index is 0.00000196. The van der Waals surface area contributed by atoms with Crippen LogP contribution in [0.15, 0.2) is 48.5 Å². The third kappa shape index (κ3) is 3.80. The summed E-state index contributed by atoms with van der Waals surface area (Å²) in [4.78, 5) is 0. The van der Waals surface area contributed by atoms with E-state index in [0.29, 0.717) is 39.0 Å². The Morgan fingerprint density at radius 2 is 1.19 bits per heavy atom. The SMILES string of the molecule is Oc1ccccc1C=[N+]1[Mn][N+](=Cc2ccccc2O)[C@@H]2CCCC[C@H]21.[Cl-]. The van der Waals surface area contributed by atoms with Crippen LogP contribution in [0.2, 0.25) is 0 Å². The van der Waals surface area contributed by atoms with Crippen LogP contribution in [-0.4, -0.2) is 41.9 Å². The van der Waals surface area contributed by atoms with Crippen molar-refractivity contribution >= 4 is 12.4 Å². The molecule has 2 atom stereocenters. The fraction of sp³-hybridized carbons (Fsp3) is 0.300. The van der Waals surface area contributed by atoms with Crippen LogP contribution in [0, 0.1) is 0 Å². The number of aromatic hydroxyl groups is 2. The number of hydrogen-bond acceptors (Lipinski definition) is 2. The van der Waals surface area contributed by atoms with Gasteiger partial charge in [0.05, 0.1) is 0 Å². The molecule has 0 unspecified atom stereocenters. The maximum atomic E-state index is 10.1. The molecule has 2 aliphatic rings. The van der Waals surface area contributed by atoms with Gasteiger partial charge in [-0.15, -0.1) is 0 Å². The second-order valence-electron chi connectivity index (χ2n) is 6.56. The number of rotatable bonds is 2. The van der Waals surface area contributed by atoms with Crippen molar-refractivity contribution < 1.29 is 45.2 Å². The molecule has 137 valence electrons. The Morgan fingerprint density at radius 1 is 0.769 bits per heavy atom. The first-order valence-electron chi connectivity index (χ1n) is 8.70. The Labute approximate surface area is 166 Å². The van der Waals surface area contributed by atoms with Gasteiger partial charge in [0.25, 0.3) is 0 Å². The Morgan fingerprint density at radius 3 is 1.62 bits per heavy atom. The summed E-state index contributed by atoms with van der Waals surface area (Å²) in [6, 6.07) is 15.9. The van der Waals surface area contributed by atoms with E-state index in [1.165, 1.54) is 25.7 Å². The van der Waals surface area contributed by atoms with Gasteiger partial charge in [-0.3, -0.25) is 0 Å². The number of fused-ring (bicyclic) bond motifs is 1. The van der Waals surface area contributed by atoms with E-state index in [1.807, 2.05) is 36.4 Å². The van der Waals surface area contributed by atoms with Crippen LogP contribution in [-0.2, 0) is 15.4 Å². The molecule has 1 saturated heterocycles. The molecule has 0 radical (unpaired) electrons. The summed E-state index contributed by atoms with van der Waals surface area (Å²) in [5.41, 5.74) is 1.73. The Kier molecular flexibility index (Phi) is 6.02. The van der Waals surface area contributed by atoms with Crippen molar-refractivity contribution in [2.45, 2.75) is 37.8 Å². The molecule has 26 heavy (non-hydrogen) atoms. The summed E-state index contributed by atoms with van der Waals surface area (Å²) < 4.78 is 4.75. The van der Waals surface area contributed by atoms with Gasteiger partial charge < -0.3 is 12.4 Å². The van der Waals surface area contributed by atoms with Crippen molar-refractivity contribution in [1.29, 1.82) is 0 Å². The zero-order valence-corrected chi connectivity index (χ0v) is 16.2. The van der Waals surface area contributed by atoms with Gasteiger partial charge in [0, 0.05) is 0 Å². The molecule has 1 aliphatic carbocycles. The zero-order chi connectivity index (χ0) is 17.2. The number of benzene rings is 2. The number of halogens is 1. The largest absolute Gasteiger partial charge is 1.00 e. The Bertz CT molecular complexity index is 784. The predicted octanol–water partition coefficient (Wildman–Crippen LogP) is -0.0979. The van der Waals surface area contributed by atoms with Gasteiger partial charge in [-0.05, 0) is 0 Å². The van der Waals surface area contributed by atoms with Crippen molar-refractivity contribution in [3.8, 4) is 11.5 Å². The molecular formula is C20H22ClMnN2O2+. The summed E-state index contributed by atoms with van der Waals surface area (Å²) in [7, 11) is 0. The van der Waals surface area contributed by atoms with E-state index in [-0.39, 0.29) is 12.4 Å². The van der Waals surface area contributed by atoms with Gasteiger partial charge in [-0.25, -0.2) is 0 Å². The first-order chi connectivity index (χ1) is 12.2. The average Bonchev–Trinajstić information content (AvgIpc) is 2.97. The minimum atomic E-state index is 0. The van der Waals surface area contributed by atoms with Gasteiger partial charge in [-0.2, -0.15) is 0 Å². The quantitative estimate of drug-likeness (QED) is 0.677. The molecule has 0 amide bonds. The van der Waals surface area contributed by atoms with E-state index in [2.05, 4.69) is 19.6 Å². The molecule has 1 aliphatic heterocycles. The third-order valence-corrected chi connectivity index (χ3v) is 6.53. The fourth-order valence-corrected chi connectivity index (χ4v) is 5.41. The molecular weight excluding hydrogens is 391 g/mol. The van der Waals surface area contributed by atoms with Crippen molar-refractivity contribution in [2.75, 3.05) is 0 Å². The molecule has 6 heteroatoms. The topological polar surface area (TPSA) is 46.5 Å². The smallest absolute Gasteiger partial charge is 1.00 e. The standard InChI is InChI=1S/C20H22N2O2.ClH.Mn/c23-19-11-5-1-7-15(19)13-21-17-9-3-4-10-18(17)22-14-16-8-2-6-12-20(16)24;;/h1-2,5-8,11-14,17-18,23-24H,3-4,9-10H2;1H;/q;;+2/p-1/t17-,18-;;/m1../s1. The third-order valence-electron chi connectivity index (χ3n) is 4.90. The van der Waals surface area contributed by atoms with Gasteiger partial charge in [0.2, 0.25) is 0 Å². The van der Waals surface area contributed by atoms with Crippen LogP contribution in [0.1, 0.15) is 36.8 Å². The van der Waals surface area contributed by atoms with E-state index in [4.69, 9.17) is 0 Å². The van der Waals surface area contributed by atoms with Crippen LogP contribution in [0.4, 0.5) is 0 Å². The molecule has 2 N–H and O–H groups in total. The molecule has 2 aromatic carbocycles. The van der Waals surface area contributed by atoms with Gasteiger partial charge >= 0.3 is 154 Å². The van der Waals surface area contributed by atoms with Crippen molar-refractivity contribution in [3.63, 3.8) is 0 Å². The van der Waals surface area contributed by atoms with Gasteiger partial charge in [0.15, 0.2) is 0 Å². The van der Waals surface area contributed by atoms with Gasteiger partial charge in [-0.1, -0.05) is 0 Å². The normalized spacial score (nSPS) is 25.1. The number of hydrogen-bond donors (Lipinski definition) is 2. The number of phenols is 2. The molecule has 4 nitrogen and oxygen atoms in total. The van der Waals surface area contributed by atoms with Crippen molar-refractivity contribution in [1.82, 2.24) is 0 Å². The summed E-state index contributed by atoms with van der Waals surface area (Å²) in [6.07, 6.45) is 9.04. The monoisotopic (exact) mass is 412 g/mol. The van der Waals surface area contributed by atoms with Crippen LogP contribution in [0.3, 0.4) is 0 Å². The van der Waals surface area contributed by atoms with Crippen LogP contribution < -0.4 is 12.4 Å². The molecule has 0 aromatic heterocycles. The van der Waals surface area contributed by atoms with Crippen molar-refractivity contribution in [3.05, 3.63) is 59.7 Å². The second-order valence-corrected chi connectivity index (χ2v) is 8.01. The summed E-state index contributed by atoms with van der Waals surface area (Å²) >= 11 is 0.446. The summed E-state index contributed by atoms with van der Waals surface area (Å²) in [5, 5.41) is 20.2. The zero-order valence-electron chi connectivity index (χ0n) is 14.3. The van der Waals surface area contributed by atoms with E-state index in [9.17, 15) is 10.2 Å². The minimum Gasteiger partial charge on any atom is -1.00 e. The first kappa shape index (κ1) is 19.0. The van der Waals surface area contributed by atoms with E-state index >= 15 is 0 Å². The van der Waals surface area contributed by atoms with Crippen LogP contribution in [0.25, 0.3) is 0 Å². The molecule has 0 bridgehead atoms. The van der Waals surface area contributed by atoms with Crippen LogP contribution >= 0.6 is 0 Å². The van der Waals surface area contributed by atoms with E-state index in [1.54, 1.807) is 12.1 Å². The molecule has 2 aromatic rings. The predicted molar refractivity (Wildman–Crippen MR) is 93.1 cm³/mol. The number of nitrogens with zero attached hydrogens (tertiary/aromatic N) is 2. The minimum absolute atomic E-state index is 0. The second kappa shape index (κ2) is 8.26.